The minimum Gasteiger partial charge on any atom is -0.257 e. The second-order valence-electron chi connectivity index (χ2n) is 2.11. The molecule has 0 aliphatic rings. The lowest BCUT2D eigenvalue weighted by Crippen LogP contribution is -1.85. The molecule has 1 aromatic heterocycles. The van der Waals surface area contributed by atoms with Gasteiger partial charge < -0.3 is 0 Å². The number of aromatic nitrogens is 1. The van der Waals surface area contributed by atoms with Crippen LogP contribution in [-0.4, -0.2) is 9.91 Å². The molecule has 0 saturated carbocycles. The van der Waals surface area contributed by atoms with Crippen LogP contribution in [-0.2, 0) is 6.42 Å². The Kier molecular flexibility index (Phi) is 2.19. The maximum Gasteiger partial charge on any atom is 0.346 e. The van der Waals surface area contributed by atoms with E-state index in [1.54, 1.807) is 6.92 Å². The summed E-state index contributed by atoms with van der Waals surface area (Å²) in [5.74, 6) is 0. The van der Waals surface area contributed by atoms with Gasteiger partial charge in [-0.15, -0.1) is 0 Å². The molecule has 1 aromatic rings. The van der Waals surface area contributed by atoms with E-state index < -0.39 is 0 Å². The van der Waals surface area contributed by atoms with Crippen molar-refractivity contribution in [3.05, 3.63) is 20.8 Å². The SMILES string of the molecule is CCc1nc(C)c([N+](=O)[O-])s1. The van der Waals surface area contributed by atoms with Crippen molar-refractivity contribution in [1.29, 1.82) is 0 Å². The lowest BCUT2D eigenvalue weighted by molar-refractivity contribution is -0.380. The Morgan fingerprint density at radius 3 is 2.64 bits per heavy atom. The van der Waals surface area contributed by atoms with E-state index >= 15 is 0 Å². The normalized spacial score (nSPS) is 10.0. The van der Waals surface area contributed by atoms with Gasteiger partial charge in [-0.25, -0.2) is 4.98 Å². The first kappa shape index (κ1) is 8.13. The number of aryl methyl sites for hydroxylation is 2. The molecule has 0 aromatic carbocycles. The molecule has 0 aliphatic carbocycles. The van der Waals surface area contributed by atoms with E-state index in [1.807, 2.05) is 6.92 Å². The Morgan fingerprint density at radius 2 is 2.36 bits per heavy atom. The van der Waals surface area contributed by atoms with E-state index in [9.17, 15) is 10.1 Å². The topological polar surface area (TPSA) is 56.0 Å². The van der Waals surface area contributed by atoms with Crippen LogP contribution in [0.5, 0.6) is 0 Å². The fourth-order valence-corrected chi connectivity index (χ4v) is 1.58. The Morgan fingerprint density at radius 1 is 1.73 bits per heavy atom. The highest BCUT2D eigenvalue weighted by Gasteiger charge is 2.15. The van der Waals surface area contributed by atoms with E-state index in [2.05, 4.69) is 4.98 Å². The van der Waals surface area contributed by atoms with Gasteiger partial charge in [-0.1, -0.05) is 6.92 Å². The summed E-state index contributed by atoms with van der Waals surface area (Å²) in [6.07, 6.45) is 0.763. The average molecular weight is 172 g/mol. The molecule has 1 rings (SSSR count). The number of nitrogens with zero attached hydrogens (tertiary/aromatic N) is 2. The van der Waals surface area contributed by atoms with Crippen LogP contribution in [0.25, 0.3) is 0 Å². The predicted octanol–water partition coefficient (Wildman–Crippen LogP) is 1.92. The van der Waals surface area contributed by atoms with Gasteiger partial charge in [0.1, 0.15) is 5.69 Å². The molecule has 0 amide bonds. The summed E-state index contributed by atoms with van der Waals surface area (Å²) >= 11 is 1.16. The maximum absolute atomic E-state index is 10.3. The Hall–Kier alpha value is -0.970. The number of rotatable bonds is 2. The van der Waals surface area contributed by atoms with Crippen molar-refractivity contribution in [2.45, 2.75) is 20.3 Å². The van der Waals surface area contributed by atoms with E-state index in [1.165, 1.54) is 0 Å². The summed E-state index contributed by atoms with van der Waals surface area (Å²) in [6.45, 7) is 3.59. The number of hydrogen-bond acceptors (Lipinski definition) is 4. The third kappa shape index (κ3) is 1.54. The van der Waals surface area contributed by atoms with Gasteiger partial charge in [0.25, 0.3) is 0 Å². The third-order valence-electron chi connectivity index (χ3n) is 1.28. The lowest BCUT2D eigenvalue weighted by atomic mass is 10.5. The second-order valence-corrected chi connectivity index (χ2v) is 3.17. The van der Waals surface area contributed by atoms with Gasteiger partial charge in [-0.05, 0) is 24.7 Å². The van der Waals surface area contributed by atoms with Gasteiger partial charge >= 0.3 is 5.00 Å². The smallest absolute Gasteiger partial charge is 0.257 e. The summed E-state index contributed by atoms with van der Waals surface area (Å²) in [6, 6.07) is 0. The zero-order chi connectivity index (χ0) is 8.43. The highest BCUT2D eigenvalue weighted by atomic mass is 32.1. The van der Waals surface area contributed by atoms with E-state index in [0.29, 0.717) is 5.69 Å². The molecule has 0 saturated heterocycles. The lowest BCUT2D eigenvalue weighted by Gasteiger charge is -1.81. The van der Waals surface area contributed by atoms with Gasteiger partial charge in [0.15, 0.2) is 0 Å². The third-order valence-corrected chi connectivity index (χ3v) is 2.54. The number of thiazole rings is 1. The first-order valence-corrected chi connectivity index (χ1v) is 4.07. The van der Waals surface area contributed by atoms with Crippen molar-refractivity contribution in [3.8, 4) is 0 Å². The number of hydrogen-bond donors (Lipinski definition) is 0. The van der Waals surface area contributed by atoms with Gasteiger partial charge in [0.2, 0.25) is 0 Å². The molecular weight excluding hydrogens is 164 g/mol. The first-order valence-electron chi connectivity index (χ1n) is 3.25. The van der Waals surface area contributed by atoms with Gasteiger partial charge in [-0.2, -0.15) is 0 Å². The molecule has 0 aliphatic heterocycles. The number of nitro groups is 1. The summed E-state index contributed by atoms with van der Waals surface area (Å²) in [5.41, 5.74) is 0.525. The summed E-state index contributed by atoms with van der Waals surface area (Å²) in [5, 5.41) is 11.3. The Bertz CT molecular complexity index is 282. The van der Waals surface area contributed by atoms with Gasteiger partial charge in [0, 0.05) is 0 Å². The molecule has 0 atom stereocenters. The van der Waals surface area contributed by atoms with Gasteiger partial charge in [0.05, 0.1) is 9.93 Å². The zero-order valence-corrected chi connectivity index (χ0v) is 7.14. The predicted molar refractivity (Wildman–Crippen MR) is 42.9 cm³/mol. The average Bonchev–Trinajstić information content (AvgIpc) is 2.30. The minimum absolute atomic E-state index is 0.168. The quantitative estimate of drug-likeness (QED) is 0.506. The van der Waals surface area contributed by atoms with Crippen LogP contribution in [0.2, 0.25) is 0 Å². The van der Waals surface area contributed by atoms with E-state index in [0.717, 1.165) is 22.8 Å². The van der Waals surface area contributed by atoms with Crippen molar-refractivity contribution >= 4 is 16.3 Å². The molecule has 0 fully saturated rings. The van der Waals surface area contributed by atoms with Crippen molar-refractivity contribution in [3.63, 3.8) is 0 Å². The highest BCUT2D eigenvalue weighted by Crippen LogP contribution is 2.25. The molecule has 11 heavy (non-hydrogen) atoms. The molecule has 5 heteroatoms. The monoisotopic (exact) mass is 172 g/mol. The van der Waals surface area contributed by atoms with Crippen molar-refractivity contribution in [1.82, 2.24) is 4.98 Å². The molecule has 60 valence electrons. The van der Waals surface area contributed by atoms with Crippen molar-refractivity contribution in [2.24, 2.45) is 0 Å². The molecule has 0 radical (unpaired) electrons. The fourth-order valence-electron chi connectivity index (χ4n) is 0.764. The summed E-state index contributed by atoms with van der Waals surface area (Å²) < 4.78 is 0. The first-order chi connectivity index (χ1) is 5.15. The summed E-state index contributed by atoms with van der Waals surface area (Å²) in [7, 11) is 0. The largest absolute Gasteiger partial charge is 0.346 e. The minimum atomic E-state index is -0.383. The molecule has 0 unspecified atom stereocenters. The van der Waals surface area contributed by atoms with E-state index in [4.69, 9.17) is 0 Å². The van der Waals surface area contributed by atoms with E-state index in [-0.39, 0.29) is 9.92 Å². The van der Waals surface area contributed by atoms with Gasteiger partial charge in [-0.3, -0.25) is 10.1 Å². The maximum atomic E-state index is 10.3. The van der Waals surface area contributed by atoms with Crippen LogP contribution in [0.15, 0.2) is 0 Å². The molecule has 4 nitrogen and oxygen atoms in total. The van der Waals surface area contributed by atoms with Crippen LogP contribution in [0, 0.1) is 17.0 Å². The van der Waals surface area contributed by atoms with Crippen molar-refractivity contribution < 1.29 is 4.92 Å². The molecule has 0 bridgehead atoms. The van der Waals surface area contributed by atoms with Crippen LogP contribution in [0.4, 0.5) is 5.00 Å². The molecule has 0 N–H and O–H groups in total. The highest BCUT2D eigenvalue weighted by molar-refractivity contribution is 7.15. The molecule has 0 spiro atoms. The fraction of sp³-hybridized carbons (Fsp3) is 0.500. The molecule has 1 heterocycles. The zero-order valence-electron chi connectivity index (χ0n) is 6.33. The van der Waals surface area contributed by atoms with Crippen LogP contribution in [0.1, 0.15) is 17.6 Å². The van der Waals surface area contributed by atoms with Crippen molar-refractivity contribution in [2.75, 3.05) is 0 Å². The Balaban J connectivity index is 3.07. The van der Waals surface area contributed by atoms with Crippen LogP contribution < -0.4 is 0 Å². The van der Waals surface area contributed by atoms with Crippen LogP contribution >= 0.6 is 11.3 Å². The Labute approximate surface area is 68.0 Å². The molecular formula is C6H8N2O2S. The van der Waals surface area contributed by atoms with Crippen LogP contribution in [0.3, 0.4) is 0 Å². The standard InChI is InChI=1S/C6H8N2O2S/c1-3-5-7-4(2)6(11-5)8(9)10/h3H2,1-2H3. The summed E-state index contributed by atoms with van der Waals surface area (Å²) in [4.78, 5) is 14.0. The second kappa shape index (κ2) is 2.96.